The van der Waals surface area contributed by atoms with E-state index in [9.17, 15) is 31.5 Å². The first-order chi connectivity index (χ1) is 21.0. The van der Waals surface area contributed by atoms with Gasteiger partial charge < -0.3 is 19.3 Å². The Bertz CT molecular complexity index is 1900. The summed E-state index contributed by atoms with van der Waals surface area (Å²) in [5.41, 5.74) is -0.0810. The van der Waals surface area contributed by atoms with E-state index >= 15 is 0 Å². The van der Waals surface area contributed by atoms with Crippen LogP contribution in [0.15, 0.2) is 84.9 Å². The Morgan fingerprint density at radius 3 is 1.33 bits per heavy atom. The quantitative estimate of drug-likeness (QED) is 0.155. The van der Waals surface area contributed by atoms with Crippen LogP contribution < -0.4 is 18.9 Å². The van der Waals surface area contributed by atoms with E-state index in [2.05, 4.69) is 14.2 Å². The second kappa shape index (κ2) is 15.0. The number of aromatic carboxylic acids is 1. The second-order valence-corrected chi connectivity index (χ2v) is 13.4. The van der Waals surface area contributed by atoms with E-state index in [0.29, 0.717) is 27.3 Å². The molecule has 238 valence electrons. The van der Waals surface area contributed by atoms with Crippen molar-refractivity contribution in [2.24, 2.45) is 0 Å². The standard InChI is InChI=1S/C15H14ClNO5S.C14H12ClNO5S/c1-21-15(18)13-9-12(7-8-14(13)17-23(2,19)20)22-11-5-3-10(16)4-6-11;1-22(19,20)16-13-7-6-11(8-12(13)14(17)18)21-10-4-2-9(15)3-5-10/h3-9,17H,1-2H3;2-8,16H,1H3,(H,17,18). The molecule has 0 radical (unpaired) electrons. The highest BCUT2D eigenvalue weighted by molar-refractivity contribution is 7.92. The highest BCUT2D eigenvalue weighted by atomic mass is 35.5. The van der Waals surface area contributed by atoms with E-state index in [0.717, 1.165) is 12.5 Å². The number of benzene rings is 4. The van der Waals surface area contributed by atoms with Gasteiger partial charge in [-0.1, -0.05) is 23.2 Å². The Balaban J connectivity index is 0.000000246. The summed E-state index contributed by atoms with van der Waals surface area (Å²) in [6.07, 6.45) is 1.93. The number of hydrogen-bond donors (Lipinski definition) is 3. The monoisotopic (exact) mass is 696 g/mol. The summed E-state index contributed by atoms with van der Waals surface area (Å²) in [6, 6.07) is 21.6. The molecule has 0 aliphatic rings. The maximum Gasteiger partial charge on any atom is 0.340 e. The number of carbonyl (C=O) groups is 2. The molecule has 0 saturated carbocycles. The molecule has 0 unspecified atom stereocenters. The molecule has 12 nitrogen and oxygen atoms in total. The molecule has 0 bridgehead atoms. The SMILES string of the molecule is COC(=O)c1cc(Oc2ccc(Cl)cc2)ccc1NS(C)(=O)=O.CS(=O)(=O)Nc1ccc(Oc2ccc(Cl)cc2)cc1C(=O)O. The summed E-state index contributed by atoms with van der Waals surface area (Å²) in [5, 5.41) is 10.3. The average Bonchev–Trinajstić information content (AvgIpc) is 2.95. The van der Waals surface area contributed by atoms with Crippen LogP contribution in [0.1, 0.15) is 20.7 Å². The summed E-state index contributed by atoms with van der Waals surface area (Å²) in [5.74, 6) is -0.338. The predicted octanol–water partition coefficient (Wildman–Crippen LogP) is 6.49. The van der Waals surface area contributed by atoms with Gasteiger partial charge in [0.15, 0.2) is 0 Å². The van der Waals surface area contributed by atoms with Crippen LogP contribution in [0.2, 0.25) is 10.0 Å². The summed E-state index contributed by atoms with van der Waals surface area (Å²) in [4.78, 5) is 23.1. The van der Waals surface area contributed by atoms with Crippen LogP contribution >= 0.6 is 23.2 Å². The Labute approximate surface area is 269 Å². The van der Waals surface area contributed by atoms with E-state index in [-0.39, 0.29) is 28.3 Å². The minimum absolute atomic E-state index is 0.0292. The first-order valence-corrected chi connectivity index (χ1v) is 17.0. The van der Waals surface area contributed by atoms with Crippen molar-refractivity contribution in [3.8, 4) is 23.0 Å². The molecule has 0 aliphatic heterocycles. The van der Waals surface area contributed by atoms with E-state index in [1.807, 2.05) is 0 Å². The lowest BCUT2D eigenvalue weighted by Crippen LogP contribution is -2.14. The van der Waals surface area contributed by atoms with Gasteiger partial charge in [-0.25, -0.2) is 26.4 Å². The maximum atomic E-state index is 11.8. The molecule has 0 aromatic heterocycles. The van der Waals surface area contributed by atoms with Crippen molar-refractivity contribution in [3.05, 3.63) is 106 Å². The molecule has 0 atom stereocenters. The van der Waals surface area contributed by atoms with Gasteiger partial charge in [0.1, 0.15) is 23.0 Å². The van der Waals surface area contributed by atoms with E-state index < -0.39 is 32.0 Å². The number of rotatable bonds is 10. The van der Waals surface area contributed by atoms with Crippen LogP contribution in [0.5, 0.6) is 23.0 Å². The van der Waals surface area contributed by atoms with Gasteiger partial charge in [0.05, 0.1) is 42.1 Å². The normalized spacial score (nSPS) is 11.0. The number of carbonyl (C=O) groups excluding carboxylic acids is 1. The molecule has 0 aliphatic carbocycles. The third kappa shape index (κ3) is 11.5. The molecule has 0 amide bonds. The zero-order valence-electron chi connectivity index (χ0n) is 23.8. The number of hydrogen-bond acceptors (Lipinski definition) is 9. The smallest absolute Gasteiger partial charge is 0.340 e. The van der Waals surface area contributed by atoms with Crippen LogP contribution in [0.25, 0.3) is 0 Å². The number of esters is 1. The van der Waals surface area contributed by atoms with E-state index in [4.69, 9.17) is 32.7 Å². The van der Waals surface area contributed by atoms with E-state index in [1.165, 1.54) is 43.5 Å². The topological polar surface area (TPSA) is 174 Å². The van der Waals surface area contributed by atoms with Gasteiger partial charge in [0.25, 0.3) is 0 Å². The Morgan fingerprint density at radius 2 is 0.978 bits per heavy atom. The molecular weight excluding hydrogens is 671 g/mol. The minimum atomic E-state index is -3.58. The molecule has 4 aromatic rings. The van der Waals surface area contributed by atoms with Gasteiger partial charge in [-0.3, -0.25) is 9.44 Å². The molecule has 0 fully saturated rings. The van der Waals surface area contributed by atoms with Crippen molar-refractivity contribution in [1.82, 2.24) is 0 Å². The second-order valence-electron chi connectivity index (χ2n) is 9.07. The highest BCUT2D eigenvalue weighted by Crippen LogP contribution is 2.29. The highest BCUT2D eigenvalue weighted by Gasteiger charge is 2.17. The number of anilines is 2. The molecule has 16 heteroatoms. The predicted molar refractivity (Wildman–Crippen MR) is 171 cm³/mol. The van der Waals surface area contributed by atoms with Gasteiger partial charge >= 0.3 is 11.9 Å². The van der Waals surface area contributed by atoms with Gasteiger partial charge in [0, 0.05) is 10.0 Å². The van der Waals surface area contributed by atoms with Gasteiger partial charge in [0.2, 0.25) is 20.0 Å². The molecule has 3 N–H and O–H groups in total. The number of nitrogens with one attached hydrogen (secondary N) is 2. The summed E-state index contributed by atoms with van der Waals surface area (Å²) in [6.45, 7) is 0. The number of carboxylic acid groups (broad SMARTS) is 1. The van der Waals surface area contributed by atoms with Crippen molar-refractivity contribution in [1.29, 1.82) is 0 Å². The van der Waals surface area contributed by atoms with Crippen LogP contribution in [-0.4, -0.2) is 53.5 Å². The van der Waals surface area contributed by atoms with Crippen molar-refractivity contribution < 1.29 is 45.7 Å². The van der Waals surface area contributed by atoms with Crippen molar-refractivity contribution in [3.63, 3.8) is 0 Å². The average molecular weight is 698 g/mol. The third-order valence-corrected chi connectivity index (χ3v) is 6.99. The lowest BCUT2D eigenvalue weighted by atomic mass is 10.1. The summed E-state index contributed by atoms with van der Waals surface area (Å²) < 4.78 is 65.4. The van der Waals surface area contributed by atoms with Gasteiger partial charge in [-0.15, -0.1) is 0 Å². The first kappa shape index (κ1) is 35.0. The van der Waals surface area contributed by atoms with Crippen LogP contribution in [0, 0.1) is 0 Å². The lowest BCUT2D eigenvalue weighted by Gasteiger charge is -2.12. The van der Waals surface area contributed by atoms with Crippen LogP contribution in [-0.2, 0) is 24.8 Å². The van der Waals surface area contributed by atoms with Crippen molar-refractivity contribution >= 4 is 66.6 Å². The van der Waals surface area contributed by atoms with Crippen LogP contribution in [0.3, 0.4) is 0 Å². The number of halogens is 2. The molecule has 0 saturated heterocycles. The number of sulfonamides is 2. The number of ether oxygens (including phenoxy) is 3. The molecule has 4 aromatic carbocycles. The number of carboxylic acids is 1. The molecule has 0 spiro atoms. The fraction of sp³-hybridized carbons (Fsp3) is 0.103. The van der Waals surface area contributed by atoms with Crippen LogP contribution in [0.4, 0.5) is 11.4 Å². The van der Waals surface area contributed by atoms with Gasteiger partial charge in [-0.05, 0) is 84.9 Å². The Kier molecular flexibility index (Phi) is 11.7. The zero-order chi connectivity index (χ0) is 33.4. The summed E-state index contributed by atoms with van der Waals surface area (Å²) >= 11 is 11.6. The van der Waals surface area contributed by atoms with Crippen molar-refractivity contribution in [2.45, 2.75) is 0 Å². The fourth-order valence-corrected chi connectivity index (χ4v) is 4.89. The van der Waals surface area contributed by atoms with E-state index in [1.54, 1.807) is 48.5 Å². The van der Waals surface area contributed by atoms with Gasteiger partial charge in [-0.2, -0.15) is 0 Å². The number of methoxy groups -OCH3 is 1. The summed E-state index contributed by atoms with van der Waals surface area (Å²) in [7, 11) is -5.90. The molecule has 4 rings (SSSR count). The molecule has 0 heterocycles. The maximum absolute atomic E-state index is 11.8. The largest absolute Gasteiger partial charge is 0.478 e. The lowest BCUT2D eigenvalue weighted by molar-refractivity contribution is 0.0600. The molecule has 45 heavy (non-hydrogen) atoms. The Hall–Kier alpha value is -4.50. The zero-order valence-corrected chi connectivity index (χ0v) is 26.9. The van der Waals surface area contributed by atoms with Crippen molar-refractivity contribution in [2.75, 3.05) is 29.1 Å². The Morgan fingerprint density at radius 1 is 0.622 bits per heavy atom. The first-order valence-electron chi connectivity index (χ1n) is 12.4. The third-order valence-electron chi connectivity index (χ3n) is 5.31. The minimum Gasteiger partial charge on any atom is -0.478 e. The molecular formula is C29H26Cl2N2O10S2. The fourth-order valence-electron chi connectivity index (χ4n) is 3.48.